The largest absolute Gasteiger partial charge is 0.462 e. The Hall–Kier alpha value is -1.72. The van der Waals surface area contributed by atoms with E-state index in [1.165, 1.54) is 6.07 Å². The van der Waals surface area contributed by atoms with Crippen LogP contribution >= 0.6 is 0 Å². The quantitative estimate of drug-likeness (QED) is 0.515. The highest BCUT2D eigenvalue weighted by Crippen LogP contribution is 2.21. The number of alkyl halides is 3. The van der Waals surface area contributed by atoms with Gasteiger partial charge in [-0.15, -0.1) is 0 Å². The first kappa shape index (κ1) is 14.3. The number of nitrogen functional groups attached to an aromatic ring is 1. The number of benzene rings is 1. The third-order valence-corrected chi connectivity index (χ3v) is 2.34. The van der Waals surface area contributed by atoms with Gasteiger partial charge in [-0.2, -0.15) is 13.2 Å². The Bertz CT molecular complexity index is 430. The highest BCUT2D eigenvalue weighted by Gasteiger charge is 2.26. The van der Waals surface area contributed by atoms with Gasteiger partial charge in [-0.1, -0.05) is 0 Å². The maximum atomic E-state index is 11.8. The van der Waals surface area contributed by atoms with Crippen molar-refractivity contribution in [3.05, 3.63) is 29.3 Å². The molecule has 100 valence electrons. The highest BCUT2D eigenvalue weighted by atomic mass is 19.4. The lowest BCUT2D eigenvalue weighted by molar-refractivity contribution is -0.137. The smallest absolute Gasteiger partial charge is 0.389 e. The molecular weight excluding hydrogens is 247 g/mol. The number of anilines is 1. The molecule has 0 aromatic heterocycles. The van der Waals surface area contributed by atoms with Crippen LogP contribution in [0.1, 0.15) is 28.8 Å². The van der Waals surface area contributed by atoms with Crippen molar-refractivity contribution in [3.63, 3.8) is 0 Å². The molecule has 6 heteroatoms. The van der Waals surface area contributed by atoms with E-state index in [-0.39, 0.29) is 18.6 Å². The normalized spacial score (nSPS) is 11.3. The minimum atomic E-state index is -4.22. The Balaban J connectivity index is 2.43. The monoisotopic (exact) mass is 261 g/mol. The van der Waals surface area contributed by atoms with Crippen molar-refractivity contribution < 1.29 is 22.7 Å². The van der Waals surface area contributed by atoms with Crippen molar-refractivity contribution in [2.75, 3.05) is 12.3 Å². The molecule has 0 fully saturated rings. The summed E-state index contributed by atoms with van der Waals surface area (Å²) in [7, 11) is 0. The van der Waals surface area contributed by atoms with Crippen LogP contribution in [-0.2, 0) is 4.74 Å². The minimum Gasteiger partial charge on any atom is -0.462 e. The van der Waals surface area contributed by atoms with Crippen LogP contribution in [0.15, 0.2) is 18.2 Å². The van der Waals surface area contributed by atoms with Crippen LogP contribution < -0.4 is 5.73 Å². The van der Waals surface area contributed by atoms with Gasteiger partial charge in [-0.05, 0) is 37.1 Å². The summed E-state index contributed by atoms with van der Waals surface area (Å²) in [5.74, 6) is -0.639. The molecule has 0 atom stereocenters. The fraction of sp³-hybridized carbons (Fsp3) is 0.417. The van der Waals surface area contributed by atoms with Crippen LogP contribution in [-0.4, -0.2) is 18.8 Å². The van der Waals surface area contributed by atoms with Gasteiger partial charge in [0.2, 0.25) is 0 Å². The van der Waals surface area contributed by atoms with Gasteiger partial charge in [0.1, 0.15) is 0 Å². The first-order valence-corrected chi connectivity index (χ1v) is 5.39. The van der Waals surface area contributed by atoms with E-state index in [2.05, 4.69) is 0 Å². The van der Waals surface area contributed by atoms with E-state index >= 15 is 0 Å². The standard InChI is InChI=1S/C12H14F3NO2/c1-8-7-9(3-4-10(8)16)11(17)18-6-2-5-12(13,14)15/h3-4,7H,2,5-6,16H2,1H3. The summed E-state index contributed by atoms with van der Waals surface area (Å²) in [5.41, 5.74) is 7.13. The molecule has 0 aliphatic carbocycles. The Morgan fingerprint density at radius 3 is 2.61 bits per heavy atom. The van der Waals surface area contributed by atoms with E-state index in [0.29, 0.717) is 5.69 Å². The number of hydrogen-bond donors (Lipinski definition) is 1. The molecule has 0 saturated carbocycles. The maximum Gasteiger partial charge on any atom is 0.389 e. The number of carbonyl (C=O) groups excluding carboxylic acids is 1. The van der Waals surface area contributed by atoms with Gasteiger partial charge in [-0.25, -0.2) is 4.79 Å². The van der Waals surface area contributed by atoms with Crippen molar-refractivity contribution in [2.24, 2.45) is 0 Å². The van der Waals surface area contributed by atoms with E-state index in [1.54, 1.807) is 19.1 Å². The van der Waals surface area contributed by atoms with E-state index in [9.17, 15) is 18.0 Å². The van der Waals surface area contributed by atoms with Crippen molar-refractivity contribution in [1.82, 2.24) is 0 Å². The first-order valence-electron chi connectivity index (χ1n) is 5.39. The number of ether oxygens (including phenoxy) is 1. The summed E-state index contributed by atoms with van der Waals surface area (Å²) >= 11 is 0. The second kappa shape index (κ2) is 5.75. The molecule has 0 saturated heterocycles. The summed E-state index contributed by atoms with van der Waals surface area (Å²) in [5, 5.41) is 0. The predicted molar refractivity (Wildman–Crippen MR) is 61.2 cm³/mol. The first-order chi connectivity index (χ1) is 8.29. The fourth-order valence-electron chi connectivity index (χ4n) is 1.32. The van der Waals surface area contributed by atoms with Crippen LogP contribution in [0, 0.1) is 6.92 Å². The van der Waals surface area contributed by atoms with Gasteiger partial charge in [-0.3, -0.25) is 0 Å². The summed E-state index contributed by atoms with van der Waals surface area (Å²) in [6.07, 6.45) is -5.41. The molecule has 2 N–H and O–H groups in total. The maximum absolute atomic E-state index is 11.8. The second-order valence-electron chi connectivity index (χ2n) is 3.93. The molecule has 0 aliphatic heterocycles. The summed E-state index contributed by atoms with van der Waals surface area (Å²) in [4.78, 5) is 11.5. The lowest BCUT2D eigenvalue weighted by atomic mass is 10.1. The van der Waals surface area contributed by atoms with Gasteiger partial charge < -0.3 is 10.5 Å². The molecule has 1 aromatic carbocycles. The fourth-order valence-corrected chi connectivity index (χ4v) is 1.32. The molecular formula is C12H14F3NO2. The molecule has 1 aromatic rings. The molecule has 18 heavy (non-hydrogen) atoms. The van der Waals surface area contributed by atoms with Crippen molar-refractivity contribution >= 4 is 11.7 Å². The number of hydrogen-bond acceptors (Lipinski definition) is 3. The van der Waals surface area contributed by atoms with Crippen LogP contribution in [0.2, 0.25) is 0 Å². The zero-order valence-corrected chi connectivity index (χ0v) is 9.88. The number of nitrogens with two attached hydrogens (primary N) is 1. The van der Waals surface area contributed by atoms with E-state index in [1.807, 2.05) is 0 Å². The van der Waals surface area contributed by atoms with E-state index < -0.39 is 18.6 Å². The highest BCUT2D eigenvalue weighted by molar-refractivity contribution is 5.90. The summed E-state index contributed by atoms with van der Waals surface area (Å²) in [6.45, 7) is 1.48. The van der Waals surface area contributed by atoms with Crippen molar-refractivity contribution in [2.45, 2.75) is 25.9 Å². The Kier molecular flexibility index (Phi) is 4.58. The van der Waals surface area contributed by atoms with Crippen LogP contribution in [0.4, 0.5) is 18.9 Å². The SMILES string of the molecule is Cc1cc(C(=O)OCCCC(F)(F)F)ccc1N. The average Bonchev–Trinajstić information content (AvgIpc) is 2.26. The average molecular weight is 261 g/mol. The van der Waals surface area contributed by atoms with Crippen molar-refractivity contribution in [3.8, 4) is 0 Å². The van der Waals surface area contributed by atoms with E-state index in [4.69, 9.17) is 10.5 Å². The Morgan fingerprint density at radius 1 is 1.39 bits per heavy atom. The van der Waals surface area contributed by atoms with Gasteiger partial charge >= 0.3 is 12.1 Å². The minimum absolute atomic E-state index is 0.233. The number of aryl methyl sites for hydroxylation is 1. The summed E-state index contributed by atoms with van der Waals surface area (Å²) in [6, 6.07) is 4.58. The van der Waals surface area contributed by atoms with Gasteiger partial charge in [0.05, 0.1) is 12.2 Å². The predicted octanol–water partition coefficient (Wildman–Crippen LogP) is 3.08. The molecule has 0 heterocycles. The summed E-state index contributed by atoms with van der Waals surface area (Å²) < 4.78 is 40.3. The second-order valence-corrected chi connectivity index (χ2v) is 3.93. The number of halogens is 3. The molecule has 0 amide bonds. The van der Waals surface area contributed by atoms with Crippen molar-refractivity contribution in [1.29, 1.82) is 0 Å². The van der Waals surface area contributed by atoms with Crippen LogP contribution in [0.25, 0.3) is 0 Å². The lowest BCUT2D eigenvalue weighted by Gasteiger charge is -2.08. The van der Waals surface area contributed by atoms with Crippen LogP contribution in [0.3, 0.4) is 0 Å². The third kappa shape index (κ3) is 4.65. The molecule has 3 nitrogen and oxygen atoms in total. The zero-order valence-electron chi connectivity index (χ0n) is 9.88. The number of esters is 1. The zero-order chi connectivity index (χ0) is 13.8. The Labute approximate surface area is 103 Å². The van der Waals surface area contributed by atoms with Crippen LogP contribution in [0.5, 0.6) is 0 Å². The van der Waals surface area contributed by atoms with Gasteiger partial charge in [0.15, 0.2) is 0 Å². The Morgan fingerprint density at radius 2 is 2.06 bits per heavy atom. The molecule has 0 bridgehead atoms. The molecule has 0 radical (unpaired) electrons. The molecule has 0 aliphatic rings. The van der Waals surface area contributed by atoms with Gasteiger partial charge in [0, 0.05) is 12.1 Å². The molecule has 0 spiro atoms. The van der Waals surface area contributed by atoms with Gasteiger partial charge in [0.25, 0.3) is 0 Å². The number of rotatable bonds is 4. The number of carbonyl (C=O) groups is 1. The third-order valence-electron chi connectivity index (χ3n) is 2.34. The molecule has 0 unspecified atom stereocenters. The van der Waals surface area contributed by atoms with E-state index in [0.717, 1.165) is 5.56 Å². The lowest BCUT2D eigenvalue weighted by Crippen LogP contribution is -2.11. The molecule has 1 rings (SSSR count). The topological polar surface area (TPSA) is 52.3 Å².